The molecule has 2 aromatic rings. The van der Waals surface area contributed by atoms with Gasteiger partial charge in [-0.2, -0.15) is 0 Å². The number of nitrogens with zero attached hydrogens (tertiary/aromatic N) is 2. The molecule has 0 saturated carbocycles. The van der Waals surface area contributed by atoms with Gasteiger partial charge < -0.3 is 14.4 Å². The van der Waals surface area contributed by atoms with Crippen molar-refractivity contribution in [1.82, 2.24) is 9.88 Å². The third-order valence-electron chi connectivity index (χ3n) is 3.97. The minimum Gasteiger partial charge on any atom is -0.504 e. The number of phenolic OH excluding ortho intramolecular Hbond substituents is 1. The highest BCUT2D eigenvalue weighted by Crippen LogP contribution is 2.34. The van der Waals surface area contributed by atoms with Crippen molar-refractivity contribution in [3.63, 3.8) is 0 Å². The van der Waals surface area contributed by atoms with E-state index in [1.54, 1.807) is 12.1 Å². The Kier molecular flexibility index (Phi) is 2.74. The zero-order valence-electron chi connectivity index (χ0n) is 10.8. The second-order valence-corrected chi connectivity index (χ2v) is 5.23. The van der Waals surface area contributed by atoms with Gasteiger partial charge in [0.25, 0.3) is 0 Å². The van der Waals surface area contributed by atoms with Crippen LogP contribution < -0.4 is 0 Å². The molecule has 2 atom stereocenters. The number of phenols is 1. The first kappa shape index (κ1) is 11.5. The van der Waals surface area contributed by atoms with Crippen LogP contribution in [0, 0.1) is 0 Å². The molecule has 0 radical (unpaired) electrons. The molecule has 18 heavy (non-hydrogen) atoms. The first-order valence-corrected chi connectivity index (χ1v) is 6.44. The minimum absolute atomic E-state index is 0.173. The van der Waals surface area contributed by atoms with Gasteiger partial charge >= 0.3 is 0 Å². The van der Waals surface area contributed by atoms with Crippen molar-refractivity contribution in [2.24, 2.45) is 0 Å². The molecule has 1 aromatic heterocycles. The summed E-state index contributed by atoms with van der Waals surface area (Å²) in [5.41, 5.74) is 1.26. The van der Waals surface area contributed by atoms with Crippen LogP contribution in [0.4, 0.5) is 0 Å². The molecule has 96 valence electrons. The molecule has 0 aliphatic carbocycles. The van der Waals surface area contributed by atoms with Gasteiger partial charge in [0.15, 0.2) is 17.2 Å². The molecule has 1 saturated heterocycles. The molecule has 1 aliphatic rings. The first-order valence-electron chi connectivity index (χ1n) is 6.44. The number of para-hydroxylation sites is 1. The molecule has 3 rings (SSSR count). The largest absolute Gasteiger partial charge is 0.504 e. The molecule has 1 aliphatic heterocycles. The summed E-state index contributed by atoms with van der Waals surface area (Å²) in [5, 5.41) is 9.73. The van der Waals surface area contributed by atoms with Gasteiger partial charge in [-0.05, 0) is 45.5 Å². The summed E-state index contributed by atoms with van der Waals surface area (Å²) >= 11 is 0. The van der Waals surface area contributed by atoms with Gasteiger partial charge in [-0.1, -0.05) is 6.07 Å². The lowest BCUT2D eigenvalue weighted by Crippen LogP contribution is -2.36. The van der Waals surface area contributed by atoms with E-state index < -0.39 is 0 Å². The van der Waals surface area contributed by atoms with E-state index in [2.05, 4.69) is 23.9 Å². The fraction of sp³-hybridized carbons (Fsp3) is 0.500. The molecule has 4 nitrogen and oxygen atoms in total. The SMILES string of the molecule is C[C@@H]1C[C@H](c2nc3cccc(O)c3o2)CCN1C. The summed E-state index contributed by atoms with van der Waals surface area (Å²) in [4.78, 5) is 6.87. The number of fused-ring (bicyclic) bond motifs is 1. The van der Waals surface area contributed by atoms with Crippen molar-refractivity contribution in [2.75, 3.05) is 13.6 Å². The van der Waals surface area contributed by atoms with Crippen LogP contribution in [0.1, 0.15) is 31.6 Å². The molecule has 4 heteroatoms. The summed E-state index contributed by atoms with van der Waals surface area (Å²) in [6.07, 6.45) is 2.12. The van der Waals surface area contributed by atoms with Gasteiger partial charge in [0.05, 0.1) is 0 Å². The van der Waals surface area contributed by atoms with Gasteiger partial charge in [-0.15, -0.1) is 0 Å². The Morgan fingerprint density at radius 1 is 1.44 bits per heavy atom. The summed E-state index contributed by atoms with van der Waals surface area (Å²) in [6, 6.07) is 5.85. The van der Waals surface area contributed by atoms with E-state index in [0.29, 0.717) is 17.5 Å². The van der Waals surface area contributed by atoms with Crippen molar-refractivity contribution in [3.05, 3.63) is 24.1 Å². The van der Waals surface area contributed by atoms with Gasteiger partial charge in [0, 0.05) is 12.0 Å². The normalized spacial score (nSPS) is 25.7. The summed E-state index contributed by atoms with van der Waals surface area (Å²) < 4.78 is 5.74. The third kappa shape index (κ3) is 1.86. The maximum absolute atomic E-state index is 9.73. The predicted octanol–water partition coefficient (Wildman–Crippen LogP) is 2.73. The smallest absolute Gasteiger partial charge is 0.198 e. The van der Waals surface area contributed by atoms with Crippen molar-refractivity contribution in [3.8, 4) is 5.75 Å². The molecule has 0 spiro atoms. The van der Waals surface area contributed by atoms with E-state index in [9.17, 15) is 5.11 Å². The minimum atomic E-state index is 0.173. The van der Waals surface area contributed by atoms with Crippen LogP contribution in [0.25, 0.3) is 11.1 Å². The third-order valence-corrected chi connectivity index (χ3v) is 3.97. The summed E-state index contributed by atoms with van der Waals surface area (Å²) in [5.74, 6) is 1.31. The molecular weight excluding hydrogens is 228 g/mol. The lowest BCUT2D eigenvalue weighted by atomic mass is 9.92. The second-order valence-electron chi connectivity index (χ2n) is 5.23. The Morgan fingerprint density at radius 3 is 3.00 bits per heavy atom. The molecule has 0 unspecified atom stereocenters. The number of benzene rings is 1. The average molecular weight is 246 g/mol. The predicted molar refractivity (Wildman–Crippen MR) is 69.7 cm³/mol. The van der Waals surface area contributed by atoms with E-state index in [1.165, 1.54) is 0 Å². The topological polar surface area (TPSA) is 49.5 Å². The molecule has 0 bridgehead atoms. The van der Waals surface area contributed by atoms with E-state index in [0.717, 1.165) is 30.8 Å². The van der Waals surface area contributed by atoms with Crippen molar-refractivity contribution >= 4 is 11.1 Å². The molecule has 1 aromatic carbocycles. The van der Waals surface area contributed by atoms with Crippen molar-refractivity contribution in [1.29, 1.82) is 0 Å². The standard InChI is InChI=1S/C14H18N2O2/c1-9-8-10(6-7-16(9)2)14-15-11-4-3-5-12(17)13(11)18-14/h3-5,9-10,17H,6-8H2,1-2H3/t9-,10-/m1/s1. The van der Waals surface area contributed by atoms with Gasteiger partial charge in [-0.3, -0.25) is 0 Å². The number of rotatable bonds is 1. The highest BCUT2D eigenvalue weighted by molar-refractivity contribution is 5.78. The number of hydrogen-bond acceptors (Lipinski definition) is 4. The van der Waals surface area contributed by atoms with Crippen LogP contribution in [0.5, 0.6) is 5.75 Å². The number of aromatic nitrogens is 1. The van der Waals surface area contributed by atoms with Crippen LogP contribution in [0.15, 0.2) is 22.6 Å². The van der Waals surface area contributed by atoms with Gasteiger partial charge in [-0.25, -0.2) is 4.98 Å². The Labute approximate surface area is 106 Å². The van der Waals surface area contributed by atoms with Crippen LogP contribution in [0.3, 0.4) is 0 Å². The molecule has 0 amide bonds. The Bertz CT molecular complexity index is 564. The molecular formula is C14H18N2O2. The highest BCUT2D eigenvalue weighted by Gasteiger charge is 2.27. The average Bonchev–Trinajstić information content (AvgIpc) is 2.78. The quantitative estimate of drug-likeness (QED) is 0.840. The number of likely N-dealkylation sites (tertiary alicyclic amines) is 1. The van der Waals surface area contributed by atoms with Crippen molar-refractivity contribution in [2.45, 2.75) is 31.7 Å². The maximum atomic E-state index is 9.73. The van der Waals surface area contributed by atoms with Crippen molar-refractivity contribution < 1.29 is 9.52 Å². The Balaban J connectivity index is 1.93. The number of piperidine rings is 1. The summed E-state index contributed by atoms with van der Waals surface area (Å²) in [6.45, 7) is 3.29. The Morgan fingerprint density at radius 2 is 2.28 bits per heavy atom. The van der Waals surface area contributed by atoms with Crippen LogP contribution in [0.2, 0.25) is 0 Å². The van der Waals surface area contributed by atoms with Crippen LogP contribution in [-0.2, 0) is 0 Å². The van der Waals surface area contributed by atoms with E-state index in [1.807, 2.05) is 6.07 Å². The second kappa shape index (κ2) is 4.28. The first-order chi connectivity index (χ1) is 8.65. The van der Waals surface area contributed by atoms with Gasteiger partial charge in [0.1, 0.15) is 5.52 Å². The fourth-order valence-electron chi connectivity index (χ4n) is 2.64. The maximum Gasteiger partial charge on any atom is 0.198 e. The number of oxazole rings is 1. The molecule has 1 N–H and O–H groups in total. The van der Waals surface area contributed by atoms with E-state index in [4.69, 9.17) is 4.42 Å². The fourth-order valence-corrected chi connectivity index (χ4v) is 2.64. The zero-order chi connectivity index (χ0) is 12.7. The van der Waals surface area contributed by atoms with E-state index in [-0.39, 0.29) is 5.75 Å². The number of aromatic hydroxyl groups is 1. The van der Waals surface area contributed by atoms with Crippen LogP contribution >= 0.6 is 0 Å². The number of hydrogen-bond donors (Lipinski definition) is 1. The van der Waals surface area contributed by atoms with E-state index >= 15 is 0 Å². The molecule has 2 heterocycles. The van der Waals surface area contributed by atoms with Gasteiger partial charge in [0.2, 0.25) is 0 Å². The monoisotopic (exact) mass is 246 g/mol. The highest BCUT2D eigenvalue weighted by atomic mass is 16.4. The Hall–Kier alpha value is -1.55. The lowest BCUT2D eigenvalue weighted by Gasteiger charge is -2.33. The van der Waals surface area contributed by atoms with Crippen LogP contribution in [-0.4, -0.2) is 34.6 Å². The zero-order valence-corrected chi connectivity index (χ0v) is 10.8. The lowest BCUT2D eigenvalue weighted by molar-refractivity contribution is 0.172. The molecule has 1 fully saturated rings. The summed E-state index contributed by atoms with van der Waals surface area (Å²) in [7, 11) is 2.15.